The fourth-order valence-electron chi connectivity index (χ4n) is 6.73. The van der Waals surface area contributed by atoms with E-state index in [1.807, 2.05) is 79.7 Å². The van der Waals surface area contributed by atoms with Crippen molar-refractivity contribution in [1.29, 1.82) is 0 Å². The zero-order chi connectivity index (χ0) is 39.2. The molecule has 280 valence electrons. The smallest absolute Gasteiger partial charge is 0.206 e. The Balaban J connectivity index is 1.01. The Bertz CT molecular complexity index is 2650. The summed E-state index contributed by atoms with van der Waals surface area (Å²) in [7, 11) is -1.95. The van der Waals surface area contributed by atoms with Gasteiger partial charge in [-0.15, -0.1) is 0 Å². The number of sulfone groups is 1. The van der Waals surface area contributed by atoms with E-state index >= 15 is 0 Å². The highest BCUT2D eigenvalue weighted by Gasteiger charge is 2.18. The Morgan fingerprint density at radius 1 is 0.368 bits per heavy atom. The molecule has 7 heteroatoms. The van der Waals surface area contributed by atoms with Crippen LogP contribution in [0.3, 0.4) is 0 Å². The molecule has 0 amide bonds. The number of nitrogens with zero attached hydrogens (tertiary/aromatic N) is 2. The summed E-state index contributed by atoms with van der Waals surface area (Å²) in [6, 6.07) is 67.2. The van der Waals surface area contributed by atoms with Gasteiger partial charge in [0.1, 0.15) is 17.2 Å². The lowest BCUT2D eigenvalue weighted by Gasteiger charge is -2.26. The molecule has 6 nitrogen and oxygen atoms in total. The van der Waals surface area contributed by atoms with Crippen LogP contribution in [0.4, 0.5) is 34.1 Å². The third kappa shape index (κ3) is 8.15. The van der Waals surface area contributed by atoms with Gasteiger partial charge in [0.2, 0.25) is 9.84 Å². The molecule has 0 unspecified atom stereocenters. The Labute approximate surface area is 334 Å². The zero-order valence-electron chi connectivity index (χ0n) is 31.6. The number of methoxy groups -OCH3 is 1. The third-order valence-corrected chi connectivity index (χ3v) is 11.5. The number of para-hydroxylation sites is 2. The molecule has 0 saturated carbocycles. The van der Waals surface area contributed by atoms with E-state index in [-0.39, 0.29) is 9.79 Å². The largest absolute Gasteiger partial charge is 0.497 e. The van der Waals surface area contributed by atoms with Crippen LogP contribution in [0.2, 0.25) is 0 Å². The number of hydrogen-bond donors (Lipinski definition) is 0. The van der Waals surface area contributed by atoms with Crippen molar-refractivity contribution >= 4 is 44.0 Å². The van der Waals surface area contributed by atoms with E-state index in [2.05, 4.69) is 94.7 Å². The lowest BCUT2D eigenvalue weighted by molar-refractivity contribution is 0.415. The maximum Gasteiger partial charge on any atom is 0.206 e. The van der Waals surface area contributed by atoms with Crippen molar-refractivity contribution in [2.75, 3.05) is 16.9 Å². The number of aryl methyl sites for hydroxylation is 1. The number of ether oxygens (including phenoxy) is 2. The van der Waals surface area contributed by atoms with E-state index in [0.717, 1.165) is 56.6 Å². The summed E-state index contributed by atoms with van der Waals surface area (Å²) < 4.78 is 37.8. The first-order chi connectivity index (χ1) is 27.9. The number of anilines is 6. The van der Waals surface area contributed by atoms with Gasteiger partial charge >= 0.3 is 0 Å². The van der Waals surface area contributed by atoms with Crippen LogP contribution in [-0.2, 0) is 9.84 Å². The molecule has 0 radical (unpaired) electrons. The highest BCUT2D eigenvalue weighted by atomic mass is 32.2. The molecule has 0 aliphatic heterocycles. The summed E-state index contributed by atoms with van der Waals surface area (Å²) >= 11 is 0. The van der Waals surface area contributed by atoms with Crippen molar-refractivity contribution in [3.63, 3.8) is 0 Å². The minimum atomic E-state index is -3.62. The molecule has 8 rings (SSSR count). The Morgan fingerprint density at radius 2 is 0.684 bits per heavy atom. The second-order valence-electron chi connectivity index (χ2n) is 13.5. The summed E-state index contributed by atoms with van der Waals surface area (Å²) in [5.41, 5.74) is 9.38. The van der Waals surface area contributed by atoms with Crippen molar-refractivity contribution in [1.82, 2.24) is 0 Å². The first-order valence-corrected chi connectivity index (χ1v) is 20.1. The van der Waals surface area contributed by atoms with E-state index < -0.39 is 9.84 Å². The van der Waals surface area contributed by atoms with Crippen LogP contribution >= 0.6 is 0 Å². The minimum Gasteiger partial charge on any atom is -0.497 e. The Kier molecular flexibility index (Phi) is 10.6. The molecule has 8 aromatic carbocycles. The van der Waals surface area contributed by atoms with Crippen LogP contribution in [0.1, 0.15) is 5.56 Å². The van der Waals surface area contributed by atoms with Gasteiger partial charge in [-0.25, -0.2) is 8.42 Å². The molecule has 0 aliphatic carbocycles. The topological polar surface area (TPSA) is 59.1 Å². The second kappa shape index (κ2) is 16.3. The van der Waals surface area contributed by atoms with Crippen LogP contribution < -0.4 is 19.3 Å². The molecule has 57 heavy (non-hydrogen) atoms. The highest BCUT2D eigenvalue weighted by molar-refractivity contribution is 7.91. The summed E-state index contributed by atoms with van der Waals surface area (Å²) in [4.78, 5) is 4.92. The monoisotopic (exact) mass is 764 g/mol. The van der Waals surface area contributed by atoms with Crippen LogP contribution in [0.25, 0.3) is 11.1 Å². The lowest BCUT2D eigenvalue weighted by Crippen LogP contribution is -2.10. The predicted molar refractivity (Wildman–Crippen MR) is 231 cm³/mol. The highest BCUT2D eigenvalue weighted by Crippen LogP contribution is 2.39. The fourth-order valence-corrected chi connectivity index (χ4v) is 7.99. The van der Waals surface area contributed by atoms with Gasteiger partial charge in [-0.2, -0.15) is 0 Å². The summed E-state index contributed by atoms with van der Waals surface area (Å²) in [5.74, 6) is 2.00. The van der Waals surface area contributed by atoms with Gasteiger partial charge in [-0.1, -0.05) is 78.4 Å². The molecule has 0 N–H and O–H groups in total. The average Bonchev–Trinajstić information content (AvgIpc) is 3.26. The van der Waals surface area contributed by atoms with Crippen LogP contribution in [0.5, 0.6) is 17.2 Å². The SMILES string of the molecule is COc1ccc(N(c2ccccc2)c2ccc(-c3ccc(N(c4ccccc4)c4ccc(Oc5ccc(S(=O)(=O)c6ccc(C)cc6)cc5)cc4)cc3)cc2)cc1. The Morgan fingerprint density at radius 3 is 1.07 bits per heavy atom. The molecule has 0 fully saturated rings. The number of rotatable bonds is 12. The van der Waals surface area contributed by atoms with Crippen molar-refractivity contribution in [2.24, 2.45) is 0 Å². The first-order valence-electron chi connectivity index (χ1n) is 18.6. The predicted octanol–water partition coefficient (Wildman–Crippen LogP) is 13.2. The van der Waals surface area contributed by atoms with Crippen molar-refractivity contribution < 1.29 is 17.9 Å². The molecule has 0 spiro atoms. The number of benzene rings is 8. The molecule has 0 bridgehead atoms. The number of hydrogen-bond acceptors (Lipinski definition) is 6. The second-order valence-corrected chi connectivity index (χ2v) is 15.5. The lowest BCUT2D eigenvalue weighted by atomic mass is 10.0. The van der Waals surface area contributed by atoms with E-state index in [4.69, 9.17) is 9.47 Å². The zero-order valence-corrected chi connectivity index (χ0v) is 32.4. The summed E-state index contributed by atoms with van der Waals surface area (Å²) in [5, 5.41) is 0. The van der Waals surface area contributed by atoms with Crippen LogP contribution in [0, 0.1) is 6.92 Å². The summed E-state index contributed by atoms with van der Waals surface area (Å²) in [6.45, 7) is 1.93. The van der Waals surface area contributed by atoms with Crippen molar-refractivity contribution in [3.8, 4) is 28.4 Å². The molecule has 0 aromatic heterocycles. The van der Waals surface area contributed by atoms with E-state index in [1.165, 1.54) is 0 Å². The molecule has 8 aromatic rings. The maximum absolute atomic E-state index is 13.1. The minimum absolute atomic E-state index is 0.218. The van der Waals surface area contributed by atoms with Gasteiger partial charge in [0.25, 0.3) is 0 Å². The molecule has 0 aliphatic rings. The van der Waals surface area contributed by atoms with Gasteiger partial charge in [0.05, 0.1) is 16.9 Å². The quantitative estimate of drug-likeness (QED) is 0.123. The molecule has 0 atom stereocenters. The maximum atomic E-state index is 13.1. The van der Waals surface area contributed by atoms with Crippen molar-refractivity contribution in [3.05, 3.63) is 212 Å². The van der Waals surface area contributed by atoms with Gasteiger partial charge in [-0.05, 0) is 152 Å². The molecular weight excluding hydrogens is 725 g/mol. The van der Waals surface area contributed by atoms with Gasteiger partial charge in [-0.3, -0.25) is 0 Å². The van der Waals surface area contributed by atoms with Crippen molar-refractivity contribution in [2.45, 2.75) is 16.7 Å². The van der Waals surface area contributed by atoms with Crippen LogP contribution in [-0.4, -0.2) is 15.5 Å². The summed E-state index contributed by atoms with van der Waals surface area (Å²) in [6.07, 6.45) is 0. The van der Waals surface area contributed by atoms with E-state index in [1.54, 1.807) is 55.6 Å². The Hall–Kier alpha value is -7.09. The van der Waals surface area contributed by atoms with E-state index in [9.17, 15) is 8.42 Å². The fraction of sp³-hybridized carbons (Fsp3) is 0.0400. The van der Waals surface area contributed by atoms with Gasteiger partial charge < -0.3 is 19.3 Å². The van der Waals surface area contributed by atoms with E-state index in [0.29, 0.717) is 11.5 Å². The molecular formula is C50H40N2O4S. The average molecular weight is 765 g/mol. The van der Waals surface area contributed by atoms with Gasteiger partial charge in [0, 0.05) is 34.1 Å². The third-order valence-electron chi connectivity index (χ3n) is 9.74. The van der Waals surface area contributed by atoms with Gasteiger partial charge in [0.15, 0.2) is 0 Å². The first kappa shape index (κ1) is 36.9. The molecule has 0 saturated heterocycles. The standard InChI is InChI=1S/C50H40N2O4S/c1-37-13-33-49(34-14-37)57(53,54)50-35-31-48(32-36-50)56-47-29-25-45(26-30-47)52(41-11-7-4-8-12-41)43-21-17-39(18-22-43)38-15-19-42(20-16-38)51(40-9-5-3-6-10-40)44-23-27-46(55-2)28-24-44/h3-36H,1-2H3. The normalized spacial score (nSPS) is 11.1. The molecule has 0 heterocycles. The van der Waals surface area contributed by atoms with Crippen LogP contribution in [0.15, 0.2) is 216 Å².